The third-order valence-corrected chi connectivity index (χ3v) is 3.11. The Morgan fingerprint density at radius 3 is 2.52 bits per heavy atom. The second kappa shape index (κ2) is 5.44. The van der Waals surface area contributed by atoms with Crippen LogP contribution < -0.4 is 9.47 Å². The molecular formula is C16H17N3O2. The fourth-order valence-electron chi connectivity index (χ4n) is 2.23. The number of benzene rings is 1. The summed E-state index contributed by atoms with van der Waals surface area (Å²) in [6, 6.07) is 7.97. The lowest BCUT2D eigenvalue weighted by molar-refractivity contribution is 0.242. The summed E-state index contributed by atoms with van der Waals surface area (Å²) in [6.45, 7) is 4.02. The number of fused-ring (bicyclic) bond motifs is 1. The Morgan fingerprint density at radius 2 is 1.86 bits per heavy atom. The molecule has 0 spiro atoms. The molecule has 0 fully saturated rings. The van der Waals surface area contributed by atoms with Gasteiger partial charge in [-0.3, -0.25) is 4.40 Å². The van der Waals surface area contributed by atoms with Gasteiger partial charge >= 0.3 is 0 Å². The molecule has 0 unspecified atom stereocenters. The molecule has 0 aliphatic carbocycles. The molecule has 0 saturated carbocycles. The molecule has 0 radical (unpaired) electrons. The van der Waals surface area contributed by atoms with E-state index in [9.17, 15) is 0 Å². The first-order chi connectivity index (χ1) is 10.2. The van der Waals surface area contributed by atoms with Crippen LogP contribution in [0.5, 0.6) is 11.6 Å². The molecule has 2 heterocycles. The van der Waals surface area contributed by atoms with E-state index in [0.717, 1.165) is 17.0 Å². The van der Waals surface area contributed by atoms with Gasteiger partial charge in [-0.05, 0) is 38.1 Å². The molecule has 0 N–H and O–H groups in total. The highest BCUT2D eigenvalue weighted by atomic mass is 16.5. The highest BCUT2D eigenvalue weighted by molar-refractivity contribution is 5.66. The zero-order valence-corrected chi connectivity index (χ0v) is 12.3. The minimum absolute atomic E-state index is 0.169. The van der Waals surface area contributed by atoms with Crippen molar-refractivity contribution in [1.29, 1.82) is 0 Å². The Labute approximate surface area is 123 Å². The second-order valence-electron chi connectivity index (χ2n) is 4.96. The minimum Gasteiger partial charge on any atom is -0.491 e. The van der Waals surface area contributed by atoms with E-state index in [1.165, 1.54) is 0 Å². The molecule has 0 bridgehead atoms. The van der Waals surface area contributed by atoms with E-state index in [2.05, 4.69) is 9.97 Å². The molecule has 0 aliphatic heterocycles. The Hall–Kier alpha value is -2.56. The first-order valence-corrected chi connectivity index (χ1v) is 6.82. The molecule has 2 aromatic heterocycles. The van der Waals surface area contributed by atoms with Crippen molar-refractivity contribution in [3.63, 3.8) is 0 Å². The van der Waals surface area contributed by atoms with Gasteiger partial charge in [-0.2, -0.15) is 0 Å². The average molecular weight is 283 g/mol. The first kappa shape index (κ1) is 13.4. The van der Waals surface area contributed by atoms with Crippen LogP contribution in [0.3, 0.4) is 0 Å². The molecule has 0 amide bonds. The van der Waals surface area contributed by atoms with Crippen molar-refractivity contribution in [2.24, 2.45) is 0 Å². The Balaban J connectivity index is 2.01. The molecular weight excluding hydrogens is 266 g/mol. The van der Waals surface area contributed by atoms with Crippen LogP contribution in [-0.4, -0.2) is 27.6 Å². The van der Waals surface area contributed by atoms with Gasteiger partial charge in [-0.25, -0.2) is 9.97 Å². The maximum Gasteiger partial charge on any atom is 0.258 e. The fraction of sp³-hybridized carbons (Fsp3) is 0.250. The summed E-state index contributed by atoms with van der Waals surface area (Å²) in [6.07, 6.45) is 5.56. The van der Waals surface area contributed by atoms with E-state index < -0.39 is 0 Å². The summed E-state index contributed by atoms with van der Waals surface area (Å²) >= 11 is 0. The zero-order valence-electron chi connectivity index (χ0n) is 12.3. The van der Waals surface area contributed by atoms with Gasteiger partial charge < -0.3 is 9.47 Å². The highest BCUT2D eigenvalue weighted by Gasteiger charge is 2.10. The molecule has 21 heavy (non-hydrogen) atoms. The summed E-state index contributed by atoms with van der Waals surface area (Å²) in [4.78, 5) is 8.53. The first-order valence-electron chi connectivity index (χ1n) is 6.82. The van der Waals surface area contributed by atoms with Gasteiger partial charge in [0.05, 0.1) is 25.1 Å². The quantitative estimate of drug-likeness (QED) is 0.738. The number of ether oxygens (including phenoxy) is 2. The normalized spacial score (nSPS) is 11.0. The summed E-state index contributed by atoms with van der Waals surface area (Å²) in [5.41, 5.74) is 2.76. The molecule has 0 aliphatic rings. The van der Waals surface area contributed by atoms with E-state index in [1.54, 1.807) is 13.3 Å². The van der Waals surface area contributed by atoms with Crippen LogP contribution in [0.1, 0.15) is 13.8 Å². The number of hydrogen-bond acceptors (Lipinski definition) is 4. The fourth-order valence-corrected chi connectivity index (χ4v) is 2.23. The van der Waals surface area contributed by atoms with E-state index in [0.29, 0.717) is 11.5 Å². The van der Waals surface area contributed by atoms with Gasteiger partial charge in [0.15, 0.2) is 0 Å². The molecule has 0 atom stereocenters. The van der Waals surface area contributed by atoms with E-state index in [4.69, 9.17) is 9.47 Å². The van der Waals surface area contributed by atoms with Gasteiger partial charge in [0, 0.05) is 18.0 Å². The number of hydrogen-bond donors (Lipinski definition) is 0. The van der Waals surface area contributed by atoms with Crippen molar-refractivity contribution in [3.8, 4) is 22.9 Å². The Morgan fingerprint density at radius 1 is 1.10 bits per heavy atom. The van der Waals surface area contributed by atoms with Crippen molar-refractivity contribution in [2.75, 3.05) is 7.11 Å². The van der Waals surface area contributed by atoms with Crippen LogP contribution in [0.25, 0.3) is 16.9 Å². The SMILES string of the molecule is COc1nccn2c(-c3ccc(OC(C)C)cc3)cnc12. The summed E-state index contributed by atoms with van der Waals surface area (Å²) < 4.78 is 12.8. The standard InChI is InChI=1S/C16H17N3O2/c1-11(2)21-13-6-4-12(5-7-13)14-10-18-15-16(20-3)17-8-9-19(14)15/h4-11H,1-3H3. The second-order valence-corrected chi connectivity index (χ2v) is 4.96. The maximum atomic E-state index is 5.66. The zero-order chi connectivity index (χ0) is 14.8. The van der Waals surface area contributed by atoms with Gasteiger partial charge in [-0.15, -0.1) is 0 Å². The predicted molar refractivity (Wildman–Crippen MR) is 80.7 cm³/mol. The number of methoxy groups -OCH3 is 1. The van der Waals surface area contributed by atoms with Gasteiger partial charge in [0.25, 0.3) is 5.88 Å². The molecule has 3 rings (SSSR count). The number of nitrogens with zero attached hydrogens (tertiary/aromatic N) is 3. The lowest BCUT2D eigenvalue weighted by atomic mass is 10.1. The molecule has 5 nitrogen and oxygen atoms in total. The number of rotatable bonds is 4. The number of imidazole rings is 1. The average Bonchev–Trinajstić information content (AvgIpc) is 2.91. The van der Waals surface area contributed by atoms with Crippen molar-refractivity contribution >= 4 is 5.65 Å². The predicted octanol–water partition coefficient (Wildman–Crippen LogP) is 3.19. The van der Waals surface area contributed by atoms with Crippen molar-refractivity contribution in [2.45, 2.75) is 20.0 Å². The lowest BCUT2D eigenvalue weighted by Crippen LogP contribution is -2.05. The van der Waals surface area contributed by atoms with Crippen LogP contribution in [0.2, 0.25) is 0 Å². The molecule has 3 aromatic rings. The minimum atomic E-state index is 0.169. The lowest BCUT2D eigenvalue weighted by Gasteiger charge is -2.10. The summed E-state index contributed by atoms with van der Waals surface area (Å²) in [7, 11) is 1.59. The van der Waals surface area contributed by atoms with Crippen LogP contribution in [-0.2, 0) is 0 Å². The molecule has 0 saturated heterocycles. The van der Waals surface area contributed by atoms with Gasteiger partial charge in [0.1, 0.15) is 5.75 Å². The van der Waals surface area contributed by atoms with Crippen molar-refractivity contribution < 1.29 is 9.47 Å². The van der Waals surface area contributed by atoms with Crippen LogP contribution >= 0.6 is 0 Å². The van der Waals surface area contributed by atoms with Crippen LogP contribution in [0.15, 0.2) is 42.9 Å². The van der Waals surface area contributed by atoms with E-state index in [-0.39, 0.29) is 6.10 Å². The topological polar surface area (TPSA) is 48.7 Å². The van der Waals surface area contributed by atoms with Gasteiger partial charge in [-0.1, -0.05) is 0 Å². The number of aromatic nitrogens is 3. The monoisotopic (exact) mass is 283 g/mol. The Bertz CT molecular complexity index is 748. The summed E-state index contributed by atoms with van der Waals surface area (Å²) in [5, 5.41) is 0. The third-order valence-electron chi connectivity index (χ3n) is 3.11. The molecule has 108 valence electrons. The Kier molecular flexibility index (Phi) is 3.48. The van der Waals surface area contributed by atoms with Gasteiger partial charge in [0.2, 0.25) is 5.65 Å². The molecule has 5 heteroatoms. The van der Waals surface area contributed by atoms with Crippen LogP contribution in [0, 0.1) is 0 Å². The molecule has 1 aromatic carbocycles. The maximum absolute atomic E-state index is 5.66. The van der Waals surface area contributed by atoms with Crippen molar-refractivity contribution in [1.82, 2.24) is 14.4 Å². The largest absolute Gasteiger partial charge is 0.491 e. The van der Waals surface area contributed by atoms with Crippen molar-refractivity contribution in [3.05, 3.63) is 42.9 Å². The highest BCUT2D eigenvalue weighted by Crippen LogP contribution is 2.26. The summed E-state index contributed by atoms with van der Waals surface area (Å²) in [5.74, 6) is 1.38. The van der Waals surface area contributed by atoms with Crippen LogP contribution in [0.4, 0.5) is 0 Å². The third kappa shape index (κ3) is 2.54. The smallest absolute Gasteiger partial charge is 0.258 e. The van der Waals surface area contributed by atoms with E-state index >= 15 is 0 Å². The van der Waals surface area contributed by atoms with E-state index in [1.807, 2.05) is 54.9 Å².